The molecule has 1 aromatic heterocycles. The fraction of sp³-hybridized carbons (Fsp3) is 0.818. The Kier molecular flexibility index (Phi) is 3.61. The first-order chi connectivity index (χ1) is 8.38. The average Bonchev–Trinajstić information content (AvgIpc) is 2.67. The summed E-state index contributed by atoms with van der Waals surface area (Å²) < 4.78 is 39.8. The molecule has 2 rings (SSSR count). The van der Waals surface area contributed by atoms with Gasteiger partial charge in [0.05, 0.1) is 12.5 Å². The fourth-order valence-electron chi connectivity index (χ4n) is 2.08. The van der Waals surface area contributed by atoms with E-state index >= 15 is 0 Å². The van der Waals surface area contributed by atoms with Crippen LogP contribution in [0.3, 0.4) is 0 Å². The van der Waals surface area contributed by atoms with Crippen molar-refractivity contribution >= 4 is 0 Å². The fourth-order valence-corrected chi connectivity index (χ4v) is 2.08. The molecule has 0 aromatic carbocycles. The van der Waals surface area contributed by atoms with Crippen molar-refractivity contribution in [2.24, 2.45) is 5.92 Å². The number of aryl methyl sites for hydroxylation is 1. The third-order valence-electron chi connectivity index (χ3n) is 3.15. The predicted molar refractivity (Wildman–Crippen MR) is 59.9 cm³/mol. The molecule has 0 spiro atoms. The zero-order valence-electron chi connectivity index (χ0n) is 10.5. The van der Waals surface area contributed by atoms with E-state index in [-0.39, 0.29) is 19.0 Å². The lowest BCUT2D eigenvalue weighted by molar-refractivity contribution is -0.182. The molecule has 0 saturated heterocycles. The van der Waals surface area contributed by atoms with Crippen molar-refractivity contribution < 1.29 is 13.2 Å². The molecule has 0 saturated carbocycles. The van der Waals surface area contributed by atoms with E-state index in [0.717, 1.165) is 0 Å². The van der Waals surface area contributed by atoms with Gasteiger partial charge >= 0.3 is 6.18 Å². The maximum absolute atomic E-state index is 12.7. The Bertz CT molecular complexity index is 411. The van der Waals surface area contributed by atoms with Crippen LogP contribution in [0.25, 0.3) is 0 Å². The van der Waals surface area contributed by atoms with Gasteiger partial charge in [0, 0.05) is 19.0 Å². The van der Waals surface area contributed by atoms with Gasteiger partial charge in [0.1, 0.15) is 11.6 Å². The monoisotopic (exact) mass is 262 g/mol. The molecular formula is C11H17F3N4. The lowest BCUT2D eigenvalue weighted by Crippen LogP contribution is -2.33. The number of hydrogen-bond acceptors (Lipinski definition) is 3. The molecule has 0 amide bonds. The second-order valence-corrected chi connectivity index (χ2v) is 4.96. The van der Waals surface area contributed by atoms with Crippen molar-refractivity contribution in [3.8, 4) is 0 Å². The maximum Gasteiger partial charge on any atom is 0.393 e. The number of halogens is 3. The first-order valence-corrected chi connectivity index (χ1v) is 6.09. The molecule has 102 valence electrons. The second kappa shape index (κ2) is 4.87. The van der Waals surface area contributed by atoms with Crippen LogP contribution in [0, 0.1) is 5.92 Å². The van der Waals surface area contributed by atoms with E-state index < -0.39 is 12.1 Å². The zero-order valence-corrected chi connectivity index (χ0v) is 10.5. The summed E-state index contributed by atoms with van der Waals surface area (Å²) in [5.41, 5.74) is 0. The van der Waals surface area contributed by atoms with Crippen molar-refractivity contribution in [2.45, 2.75) is 52.0 Å². The van der Waals surface area contributed by atoms with E-state index in [9.17, 15) is 13.2 Å². The third kappa shape index (κ3) is 2.82. The summed E-state index contributed by atoms with van der Waals surface area (Å²) in [5, 5.41) is 11.1. The number of alkyl halides is 3. The van der Waals surface area contributed by atoms with E-state index in [1.54, 1.807) is 4.57 Å². The van der Waals surface area contributed by atoms with Crippen LogP contribution in [0.1, 0.15) is 31.9 Å². The Labute approximate surface area is 104 Å². The topological polar surface area (TPSA) is 42.7 Å². The molecule has 1 atom stereocenters. The smallest absolute Gasteiger partial charge is 0.313 e. The molecule has 1 aliphatic heterocycles. The van der Waals surface area contributed by atoms with Gasteiger partial charge in [-0.05, 0) is 6.42 Å². The highest BCUT2D eigenvalue weighted by Crippen LogP contribution is 2.34. The van der Waals surface area contributed by atoms with E-state index in [1.165, 1.54) is 0 Å². The molecule has 0 fully saturated rings. The normalized spacial score (nSPS) is 20.2. The summed E-state index contributed by atoms with van der Waals surface area (Å²) in [6.07, 6.45) is -3.68. The number of nitrogens with one attached hydrogen (secondary N) is 1. The van der Waals surface area contributed by atoms with Crippen molar-refractivity contribution in [2.75, 3.05) is 0 Å². The lowest BCUT2D eigenvalue weighted by Gasteiger charge is -2.26. The van der Waals surface area contributed by atoms with Crippen LogP contribution in [0.4, 0.5) is 13.2 Å². The van der Waals surface area contributed by atoms with Crippen LogP contribution in [0.2, 0.25) is 0 Å². The number of fused-ring (bicyclic) bond motifs is 1. The molecular weight excluding hydrogens is 245 g/mol. The molecule has 1 N–H and O–H groups in total. The molecule has 4 nitrogen and oxygen atoms in total. The minimum absolute atomic E-state index is 0.0546. The van der Waals surface area contributed by atoms with E-state index in [2.05, 4.69) is 15.5 Å². The van der Waals surface area contributed by atoms with Gasteiger partial charge in [-0.3, -0.25) is 0 Å². The molecule has 0 radical (unpaired) electrons. The van der Waals surface area contributed by atoms with Gasteiger partial charge in [-0.2, -0.15) is 13.2 Å². The highest BCUT2D eigenvalue weighted by Gasteiger charge is 2.42. The predicted octanol–water partition coefficient (Wildman–Crippen LogP) is 1.90. The van der Waals surface area contributed by atoms with Crippen LogP contribution >= 0.6 is 0 Å². The number of rotatable bonds is 3. The van der Waals surface area contributed by atoms with E-state index in [4.69, 9.17) is 0 Å². The number of hydrogen-bond donors (Lipinski definition) is 1. The van der Waals surface area contributed by atoms with Crippen molar-refractivity contribution in [3.63, 3.8) is 0 Å². The summed E-state index contributed by atoms with van der Waals surface area (Å²) in [4.78, 5) is 0. The quantitative estimate of drug-likeness (QED) is 0.904. The number of aromatic nitrogens is 3. The van der Waals surface area contributed by atoms with Gasteiger partial charge in [0.25, 0.3) is 0 Å². The molecule has 1 aliphatic rings. The minimum Gasteiger partial charge on any atom is -0.313 e. The van der Waals surface area contributed by atoms with Gasteiger partial charge in [-0.1, -0.05) is 13.8 Å². The molecule has 0 aliphatic carbocycles. The summed E-state index contributed by atoms with van der Waals surface area (Å²) in [5.74, 6) is -0.0255. The molecule has 7 heteroatoms. The van der Waals surface area contributed by atoms with Gasteiger partial charge in [-0.25, -0.2) is 0 Å². The van der Waals surface area contributed by atoms with Crippen LogP contribution in [-0.2, 0) is 19.5 Å². The standard InChI is InChI=1S/C11H17F3N4/c1-7(2)15-5-10-17-16-9-4-3-8(6-18(9)10)11(12,13)14/h7-8,15H,3-6H2,1-2H3. The highest BCUT2D eigenvalue weighted by molar-refractivity contribution is 5.01. The average molecular weight is 262 g/mol. The number of nitrogens with zero attached hydrogens (tertiary/aromatic N) is 3. The Hall–Kier alpha value is -1.11. The Morgan fingerprint density at radius 3 is 2.72 bits per heavy atom. The molecule has 1 aromatic rings. The Morgan fingerprint density at radius 2 is 2.11 bits per heavy atom. The van der Waals surface area contributed by atoms with Gasteiger partial charge in [-0.15, -0.1) is 10.2 Å². The van der Waals surface area contributed by atoms with Gasteiger partial charge < -0.3 is 9.88 Å². The largest absolute Gasteiger partial charge is 0.393 e. The summed E-state index contributed by atoms with van der Waals surface area (Å²) in [6, 6.07) is 0.264. The Balaban J connectivity index is 2.12. The summed E-state index contributed by atoms with van der Waals surface area (Å²) >= 11 is 0. The molecule has 1 unspecified atom stereocenters. The maximum atomic E-state index is 12.7. The Morgan fingerprint density at radius 1 is 1.39 bits per heavy atom. The minimum atomic E-state index is -4.13. The van der Waals surface area contributed by atoms with Crippen LogP contribution in [0.5, 0.6) is 0 Å². The zero-order chi connectivity index (χ0) is 13.3. The van der Waals surface area contributed by atoms with E-state index in [1.807, 2.05) is 13.8 Å². The van der Waals surface area contributed by atoms with Crippen molar-refractivity contribution in [1.29, 1.82) is 0 Å². The first-order valence-electron chi connectivity index (χ1n) is 6.09. The van der Waals surface area contributed by atoms with Gasteiger partial charge in [0.15, 0.2) is 0 Å². The first kappa shape index (κ1) is 13.3. The summed E-state index contributed by atoms with van der Waals surface area (Å²) in [6.45, 7) is 4.36. The van der Waals surface area contributed by atoms with Gasteiger partial charge in [0.2, 0.25) is 0 Å². The van der Waals surface area contributed by atoms with E-state index in [0.29, 0.717) is 24.6 Å². The van der Waals surface area contributed by atoms with Crippen molar-refractivity contribution in [3.05, 3.63) is 11.6 Å². The van der Waals surface area contributed by atoms with Crippen LogP contribution < -0.4 is 5.32 Å². The van der Waals surface area contributed by atoms with Crippen LogP contribution in [-0.4, -0.2) is 27.0 Å². The molecule has 0 bridgehead atoms. The SMILES string of the molecule is CC(C)NCc1nnc2n1CC(C(F)(F)F)CC2. The second-order valence-electron chi connectivity index (χ2n) is 4.96. The van der Waals surface area contributed by atoms with Crippen molar-refractivity contribution in [1.82, 2.24) is 20.1 Å². The van der Waals surface area contributed by atoms with Crippen LogP contribution in [0.15, 0.2) is 0 Å². The highest BCUT2D eigenvalue weighted by atomic mass is 19.4. The molecule has 2 heterocycles. The third-order valence-corrected chi connectivity index (χ3v) is 3.15. The lowest BCUT2D eigenvalue weighted by atomic mass is 9.99. The summed E-state index contributed by atoms with van der Waals surface area (Å²) in [7, 11) is 0. The molecule has 18 heavy (non-hydrogen) atoms.